The average Bonchev–Trinajstić information content (AvgIpc) is 3.16. The Hall–Kier alpha value is -2.70. The molecule has 0 aliphatic carbocycles. The van der Waals surface area contributed by atoms with E-state index in [0.29, 0.717) is 22.0 Å². The molecule has 0 saturated carbocycles. The number of hydrazone groups is 1. The first-order chi connectivity index (χ1) is 13.3. The number of rotatable bonds is 3. The molecule has 2 amide bonds. The van der Waals surface area contributed by atoms with Crippen molar-refractivity contribution in [2.75, 3.05) is 9.91 Å². The van der Waals surface area contributed by atoms with Crippen LogP contribution in [0, 0.1) is 12.8 Å². The van der Waals surface area contributed by atoms with Gasteiger partial charge in [0, 0.05) is 11.9 Å². The molecule has 0 aromatic heterocycles. The largest absolute Gasteiger partial charge is 0.293 e. The third-order valence-corrected chi connectivity index (χ3v) is 5.72. The maximum atomic E-state index is 13.3. The van der Waals surface area contributed by atoms with Crippen LogP contribution >= 0.6 is 23.2 Å². The lowest BCUT2D eigenvalue weighted by molar-refractivity contribution is -0.122. The van der Waals surface area contributed by atoms with Crippen LogP contribution in [0.5, 0.6) is 0 Å². The van der Waals surface area contributed by atoms with Gasteiger partial charge in [-0.3, -0.25) is 19.4 Å². The molecule has 0 spiro atoms. The standard InChI is InChI=1S/C20H15Cl2N3O3/c1-10-12(21)7-5-9-14(10)25-18-16(17(23-25)11(2)26)19(27)24(20(18)28)15-8-4-3-6-13(15)22/h3-9,16,18H,1-2H3/t16-,18-/m1/s1. The molecule has 28 heavy (non-hydrogen) atoms. The molecule has 2 aliphatic rings. The molecule has 142 valence electrons. The first kappa shape index (κ1) is 18.7. The molecule has 0 radical (unpaired) electrons. The van der Waals surface area contributed by atoms with Crippen molar-refractivity contribution < 1.29 is 14.4 Å². The van der Waals surface area contributed by atoms with Gasteiger partial charge in [-0.05, 0) is 36.8 Å². The van der Waals surface area contributed by atoms with E-state index in [1.165, 1.54) is 11.9 Å². The molecule has 0 unspecified atom stereocenters. The van der Waals surface area contributed by atoms with E-state index in [9.17, 15) is 14.4 Å². The van der Waals surface area contributed by atoms with Gasteiger partial charge in [0.05, 0.1) is 16.4 Å². The minimum Gasteiger partial charge on any atom is -0.293 e. The zero-order valence-corrected chi connectivity index (χ0v) is 16.5. The van der Waals surface area contributed by atoms with Gasteiger partial charge in [-0.2, -0.15) is 5.10 Å². The van der Waals surface area contributed by atoms with Crippen molar-refractivity contribution in [3.8, 4) is 0 Å². The van der Waals surface area contributed by atoms with Crippen LogP contribution in [-0.4, -0.2) is 29.4 Å². The number of Topliss-reactive ketones (excluding diaryl/α,β-unsaturated/α-hetero) is 1. The van der Waals surface area contributed by atoms with Crippen LogP contribution in [-0.2, 0) is 14.4 Å². The number of halogens is 2. The number of carbonyl (C=O) groups excluding carboxylic acids is 3. The summed E-state index contributed by atoms with van der Waals surface area (Å²) in [5, 5.41) is 6.54. The Kier molecular flexibility index (Phi) is 4.48. The highest BCUT2D eigenvalue weighted by atomic mass is 35.5. The van der Waals surface area contributed by atoms with Gasteiger partial charge in [0.25, 0.3) is 5.91 Å². The van der Waals surface area contributed by atoms with E-state index in [-0.39, 0.29) is 16.5 Å². The highest BCUT2D eigenvalue weighted by molar-refractivity contribution is 6.49. The Morgan fingerprint density at radius 2 is 1.61 bits per heavy atom. The van der Waals surface area contributed by atoms with Gasteiger partial charge in [-0.1, -0.05) is 41.4 Å². The van der Waals surface area contributed by atoms with Crippen LogP contribution < -0.4 is 9.91 Å². The van der Waals surface area contributed by atoms with Crippen molar-refractivity contribution >= 4 is 57.9 Å². The van der Waals surface area contributed by atoms with Crippen molar-refractivity contribution in [1.82, 2.24) is 0 Å². The number of carbonyl (C=O) groups is 3. The molecule has 2 aromatic carbocycles. The van der Waals surface area contributed by atoms with E-state index in [0.717, 1.165) is 4.90 Å². The predicted molar refractivity (Wildman–Crippen MR) is 108 cm³/mol. The second-order valence-corrected chi connectivity index (χ2v) is 7.47. The predicted octanol–water partition coefficient (Wildman–Crippen LogP) is 3.63. The van der Waals surface area contributed by atoms with E-state index >= 15 is 0 Å². The summed E-state index contributed by atoms with van der Waals surface area (Å²) in [6.07, 6.45) is 0. The summed E-state index contributed by atoms with van der Waals surface area (Å²) in [7, 11) is 0. The van der Waals surface area contributed by atoms with Crippen LogP contribution in [0.15, 0.2) is 47.6 Å². The molecule has 0 bridgehead atoms. The Labute approximate surface area is 171 Å². The molecule has 1 fully saturated rings. The van der Waals surface area contributed by atoms with Crippen LogP contribution in [0.2, 0.25) is 10.0 Å². The number of para-hydroxylation sites is 1. The minimum absolute atomic E-state index is 0.0530. The number of ketones is 1. The molecular formula is C20H15Cl2N3O3. The highest BCUT2D eigenvalue weighted by Crippen LogP contribution is 2.41. The molecular weight excluding hydrogens is 401 g/mol. The highest BCUT2D eigenvalue weighted by Gasteiger charge is 2.58. The summed E-state index contributed by atoms with van der Waals surface area (Å²) >= 11 is 12.4. The van der Waals surface area contributed by atoms with E-state index in [2.05, 4.69) is 5.10 Å². The third kappa shape index (κ3) is 2.64. The SMILES string of the molecule is CC(=O)C1=NN(c2cccc(Cl)c2C)[C@H]2C(=O)N(c3ccccc3Cl)C(=O)[C@H]12. The molecule has 1 saturated heterocycles. The average molecular weight is 416 g/mol. The lowest BCUT2D eigenvalue weighted by Gasteiger charge is -2.24. The number of fused-ring (bicyclic) bond motifs is 1. The van der Waals surface area contributed by atoms with E-state index in [1.807, 2.05) is 0 Å². The van der Waals surface area contributed by atoms with Crippen molar-refractivity contribution in [2.24, 2.45) is 11.0 Å². The van der Waals surface area contributed by atoms with Gasteiger partial charge >= 0.3 is 0 Å². The number of hydrogen-bond acceptors (Lipinski definition) is 5. The Morgan fingerprint density at radius 3 is 2.29 bits per heavy atom. The zero-order valence-electron chi connectivity index (χ0n) is 15.0. The van der Waals surface area contributed by atoms with E-state index in [1.54, 1.807) is 49.4 Å². The monoisotopic (exact) mass is 415 g/mol. The van der Waals surface area contributed by atoms with Crippen molar-refractivity contribution in [3.05, 3.63) is 58.1 Å². The van der Waals surface area contributed by atoms with Crippen LogP contribution in [0.4, 0.5) is 11.4 Å². The second kappa shape index (κ2) is 6.72. The summed E-state index contributed by atoms with van der Waals surface area (Å²) in [5.41, 5.74) is 1.62. The summed E-state index contributed by atoms with van der Waals surface area (Å²) < 4.78 is 0. The molecule has 0 N–H and O–H groups in total. The van der Waals surface area contributed by atoms with Gasteiger partial charge in [0.2, 0.25) is 5.91 Å². The number of hydrogen-bond donors (Lipinski definition) is 0. The summed E-state index contributed by atoms with van der Waals surface area (Å²) in [4.78, 5) is 39.7. The Morgan fingerprint density at radius 1 is 0.964 bits per heavy atom. The number of amides is 2. The van der Waals surface area contributed by atoms with Crippen molar-refractivity contribution in [2.45, 2.75) is 19.9 Å². The fraction of sp³-hybridized carbons (Fsp3) is 0.200. The molecule has 2 aromatic rings. The fourth-order valence-corrected chi connectivity index (χ4v) is 4.01. The fourth-order valence-electron chi connectivity index (χ4n) is 3.62. The first-order valence-corrected chi connectivity index (χ1v) is 9.34. The van der Waals surface area contributed by atoms with Crippen LogP contribution in [0.1, 0.15) is 12.5 Å². The maximum absolute atomic E-state index is 13.3. The summed E-state index contributed by atoms with van der Waals surface area (Å²) in [6.45, 7) is 3.13. The van der Waals surface area contributed by atoms with Crippen molar-refractivity contribution in [1.29, 1.82) is 0 Å². The minimum atomic E-state index is -0.986. The third-order valence-electron chi connectivity index (χ3n) is 4.99. The summed E-state index contributed by atoms with van der Waals surface area (Å²) in [5.74, 6) is -2.35. The molecule has 6 nitrogen and oxygen atoms in total. The maximum Gasteiger partial charge on any atom is 0.259 e. The van der Waals surface area contributed by atoms with Gasteiger partial charge in [0.15, 0.2) is 5.78 Å². The Balaban J connectivity index is 1.86. The first-order valence-electron chi connectivity index (χ1n) is 8.59. The topological polar surface area (TPSA) is 70.1 Å². The molecule has 2 aliphatic heterocycles. The zero-order chi connectivity index (χ0) is 20.2. The van der Waals surface area contributed by atoms with E-state index in [4.69, 9.17) is 23.2 Å². The quantitative estimate of drug-likeness (QED) is 0.717. The molecule has 2 heterocycles. The molecule has 2 atom stereocenters. The number of anilines is 2. The smallest absolute Gasteiger partial charge is 0.259 e. The van der Waals surface area contributed by atoms with Crippen molar-refractivity contribution in [3.63, 3.8) is 0 Å². The lowest BCUT2D eigenvalue weighted by Crippen LogP contribution is -2.39. The van der Waals surface area contributed by atoms with Gasteiger partial charge in [-0.25, -0.2) is 4.90 Å². The normalized spacial score (nSPS) is 21.2. The number of benzene rings is 2. The van der Waals surface area contributed by atoms with Gasteiger partial charge in [0.1, 0.15) is 17.7 Å². The van der Waals surface area contributed by atoms with Gasteiger partial charge in [-0.15, -0.1) is 0 Å². The number of nitrogens with zero attached hydrogens (tertiary/aromatic N) is 3. The molecule has 8 heteroatoms. The lowest BCUT2D eigenvalue weighted by atomic mass is 9.95. The number of imide groups is 1. The van der Waals surface area contributed by atoms with E-state index < -0.39 is 23.8 Å². The van der Waals surface area contributed by atoms with Crippen LogP contribution in [0.25, 0.3) is 0 Å². The molecule has 4 rings (SSSR count). The Bertz CT molecular complexity index is 1070. The summed E-state index contributed by atoms with van der Waals surface area (Å²) in [6, 6.07) is 10.8. The van der Waals surface area contributed by atoms with Gasteiger partial charge < -0.3 is 0 Å². The van der Waals surface area contributed by atoms with Crippen LogP contribution in [0.3, 0.4) is 0 Å². The second-order valence-electron chi connectivity index (χ2n) is 6.66.